The fourth-order valence-corrected chi connectivity index (χ4v) is 1.53. The van der Waals surface area contributed by atoms with Crippen molar-refractivity contribution < 1.29 is 8.81 Å². The van der Waals surface area contributed by atoms with Gasteiger partial charge in [0.2, 0.25) is 0 Å². The highest BCUT2D eigenvalue weighted by atomic mass is 127. The van der Waals surface area contributed by atoms with Gasteiger partial charge in [-0.15, -0.1) is 0 Å². The van der Waals surface area contributed by atoms with Crippen LogP contribution in [-0.4, -0.2) is 4.98 Å². The molecule has 0 atom stereocenters. The van der Waals surface area contributed by atoms with Crippen molar-refractivity contribution in [3.05, 3.63) is 27.7 Å². The van der Waals surface area contributed by atoms with Crippen LogP contribution in [-0.2, 0) is 6.67 Å². The summed E-state index contributed by atoms with van der Waals surface area (Å²) in [5.41, 5.74) is 2.05. The maximum atomic E-state index is 12.2. The van der Waals surface area contributed by atoms with Crippen LogP contribution in [0, 0.1) is 3.90 Å². The number of alkyl halides is 1. The molecule has 0 aliphatic carbocycles. The van der Waals surface area contributed by atoms with Crippen LogP contribution in [0.25, 0.3) is 11.1 Å². The van der Waals surface area contributed by atoms with Crippen molar-refractivity contribution in [2.24, 2.45) is 0 Å². The van der Waals surface area contributed by atoms with Crippen LogP contribution < -0.4 is 0 Å². The summed E-state index contributed by atoms with van der Waals surface area (Å²) >= 11 is 1.99. The first-order valence-electron chi connectivity index (χ1n) is 3.40. The minimum Gasteiger partial charge on any atom is -0.432 e. The van der Waals surface area contributed by atoms with E-state index in [4.69, 9.17) is 4.42 Å². The van der Waals surface area contributed by atoms with E-state index in [9.17, 15) is 4.39 Å². The molecule has 0 amide bonds. The second-order valence-electron chi connectivity index (χ2n) is 2.40. The quantitative estimate of drug-likeness (QED) is 0.749. The number of hydrogen-bond donors (Lipinski definition) is 0. The zero-order valence-electron chi connectivity index (χ0n) is 6.05. The molecular weight excluding hydrogens is 272 g/mol. The summed E-state index contributed by atoms with van der Waals surface area (Å²) in [5.74, 6) is 0. The summed E-state index contributed by atoms with van der Waals surface area (Å²) in [6.45, 7) is -0.459. The summed E-state index contributed by atoms with van der Waals surface area (Å²) in [5, 5.41) is 0. The van der Waals surface area contributed by atoms with Crippen LogP contribution >= 0.6 is 22.6 Å². The third-order valence-corrected chi connectivity index (χ3v) is 2.04. The molecule has 0 saturated carbocycles. The lowest BCUT2D eigenvalue weighted by atomic mass is 10.2. The molecule has 0 aliphatic heterocycles. The van der Waals surface area contributed by atoms with E-state index in [-0.39, 0.29) is 0 Å². The van der Waals surface area contributed by atoms with E-state index in [1.165, 1.54) is 0 Å². The molecule has 0 fully saturated rings. The fourth-order valence-electron chi connectivity index (χ4n) is 1.03. The third-order valence-electron chi connectivity index (χ3n) is 1.58. The first-order chi connectivity index (χ1) is 5.79. The van der Waals surface area contributed by atoms with Gasteiger partial charge < -0.3 is 4.42 Å². The molecule has 12 heavy (non-hydrogen) atoms. The highest BCUT2D eigenvalue weighted by molar-refractivity contribution is 14.1. The van der Waals surface area contributed by atoms with Gasteiger partial charge in [-0.05, 0) is 17.7 Å². The van der Waals surface area contributed by atoms with E-state index in [0.717, 1.165) is 5.52 Å². The second-order valence-corrected chi connectivity index (χ2v) is 3.33. The predicted molar refractivity (Wildman–Crippen MR) is 51.5 cm³/mol. The average molecular weight is 277 g/mol. The summed E-state index contributed by atoms with van der Waals surface area (Å²) < 4.78 is 18.0. The number of benzene rings is 1. The Morgan fingerprint density at radius 2 is 2.33 bits per heavy atom. The first kappa shape index (κ1) is 7.97. The van der Waals surface area contributed by atoms with Crippen molar-refractivity contribution in [3.63, 3.8) is 0 Å². The molecule has 2 rings (SSSR count). The maximum Gasteiger partial charge on any atom is 0.258 e. The van der Waals surface area contributed by atoms with Gasteiger partial charge in [0.1, 0.15) is 12.2 Å². The lowest BCUT2D eigenvalue weighted by molar-refractivity contribution is 0.485. The van der Waals surface area contributed by atoms with Gasteiger partial charge in [-0.1, -0.05) is 6.07 Å². The number of rotatable bonds is 1. The lowest BCUT2D eigenvalue weighted by Gasteiger charge is -1.90. The predicted octanol–water partition coefficient (Wildman–Crippen LogP) is 2.90. The molecule has 0 aliphatic rings. The van der Waals surface area contributed by atoms with Crippen molar-refractivity contribution >= 4 is 33.7 Å². The smallest absolute Gasteiger partial charge is 0.258 e. The van der Waals surface area contributed by atoms with Gasteiger partial charge in [0, 0.05) is 22.6 Å². The molecule has 0 unspecified atom stereocenters. The van der Waals surface area contributed by atoms with Crippen molar-refractivity contribution in [1.82, 2.24) is 4.98 Å². The Morgan fingerprint density at radius 1 is 1.50 bits per heavy atom. The van der Waals surface area contributed by atoms with Crippen molar-refractivity contribution in [1.29, 1.82) is 0 Å². The molecule has 1 heterocycles. The number of aromatic nitrogens is 1. The Morgan fingerprint density at radius 3 is 3.08 bits per heavy atom. The van der Waals surface area contributed by atoms with Crippen molar-refractivity contribution in [3.8, 4) is 0 Å². The molecule has 0 N–H and O–H groups in total. The van der Waals surface area contributed by atoms with Crippen LogP contribution in [0.2, 0.25) is 0 Å². The number of hydrogen-bond acceptors (Lipinski definition) is 2. The zero-order valence-corrected chi connectivity index (χ0v) is 8.21. The standard InChI is InChI=1S/C8H5FINO/c9-4-5-1-2-7-6(3-5)11-8(10)12-7/h1-3H,4H2. The average Bonchev–Trinajstić information content (AvgIpc) is 2.43. The molecule has 0 bridgehead atoms. The molecule has 1 aromatic carbocycles. The first-order valence-corrected chi connectivity index (χ1v) is 4.48. The van der Waals surface area contributed by atoms with Crippen molar-refractivity contribution in [2.75, 3.05) is 0 Å². The normalized spacial score (nSPS) is 10.8. The number of fused-ring (bicyclic) bond motifs is 1. The minimum absolute atomic E-state index is 0.459. The monoisotopic (exact) mass is 277 g/mol. The van der Waals surface area contributed by atoms with Gasteiger partial charge in [-0.3, -0.25) is 0 Å². The summed E-state index contributed by atoms with van der Waals surface area (Å²) in [7, 11) is 0. The summed E-state index contributed by atoms with van der Waals surface area (Å²) in [4.78, 5) is 4.08. The molecule has 0 saturated heterocycles. The van der Waals surface area contributed by atoms with Crippen molar-refractivity contribution in [2.45, 2.75) is 6.67 Å². The van der Waals surface area contributed by atoms with Crippen LogP contribution in [0.15, 0.2) is 22.6 Å². The molecule has 0 radical (unpaired) electrons. The molecule has 0 spiro atoms. The topological polar surface area (TPSA) is 26.0 Å². The zero-order chi connectivity index (χ0) is 8.55. The van der Waals surface area contributed by atoms with E-state index in [2.05, 4.69) is 4.98 Å². The molecule has 2 aromatic rings. The van der Waals surface area contributed by atoms with Gasteiger partial charge in [0.15, 0.2) is 5.58 Å². The van der Waals surface area contributed by atoms with E-state index >= 15 is 0 Å². The van der Waals surface area contributed by atoms with Crippen LogP contribution in [0.5, 0.6) is 0 Å². The Kier molecular flexibility index (Phi) is 2.00. The van der Waals surface area contributed by atoms with E-state index < -0.39 is 6.67 Å². The second kappa shape index (κ2) is 3.01. The molecular formula is C8H5FINO. The van der Waals surface area contributed by atoms with Crippen LogP contribution in [0.3, 0.4) is 0 Å². The fraction of sp³-hybridized carbons (Fsp3) is 0.125. The Balaban J connectivity index is 2.66. The van der Waals surface area contributed by atoms with Gasteiger partial charge in [-0.25, -0.2) is 9.37 Å². The molecule has 1 aromatic heterocycles. The van der Waals surface area contributed by atoms with Gasteiger partial charge >= 0.3 is 0 Å². The molecule has 2 nitrogen and oxygen atoms in total. The summed E-state index contributed by atoms with van der Waals surface area (Å²) in [6.07, 6.45) is 0. The van der Waals surface area contributed by atoms with Crippen LogP contribution in [0.1, 0.15) is 5.56 Å². The van der Waals surface area contributed by atoms with Gasteiger partial charge in [0.05, 0.1) is 0 Å². The van der Waals surface area contributed by atoms with E-state index in [1.807, 2.05) is 22.6 Å². The Labute approximate surface area is 81.9 Å². The lowest BCUT2D eigenvalue weighted by Crippen LogP contribution is -1.76. The number of oxazole rings is 1. The highest BCUT2D eigenvalue weighted by Crippen LogP contribution is 2.18. The SMILES string of the molecule is FCc1ccc2oc(I)nc2c1. The van der Waals surface area contributed by atoms with E-state index in [1.54, 1.807) is 18.2 Å². The number of halogens is 2. The van der Waals surface area contributed by atoms with E-state index in [0.29, 0.717) is 15.0 Å². The summed E-state index contributed by atoms with van der Waals surface area (Å²) in [6, 6.07) is 5.13. The van der Waals surface area contributed by atoms with Gasteiger partial charge in [0.25, 0.3) is 3.90 Å². The minimum atomic E-state index is -0.459. The Bertz CT molecular complexity index is 412. The van der Waals surface area contributed by atoms with Crippen LogP contribution in [0.4, 0.5) is 4.39 Å². The number of nitrogens with zero attached hydrogens (tertiary/aromatic N) is 1. The third kappa shape index (κ3) is 1.31. The largest absolute Gasteiger partial charge is 0.432 e. The maximum absolute atomic E-state index is 12.2. The van der Waals surface area contributed by atoms with Gasteiger partial charge in [-0.2, -0.15) is 0 Å². The molecule has 4 heteroatoms. The molecule has 62 valence electrons. The Hall–Kier alpha value is -0.650. The highest BCUT2D eigenvalue weighted by Gasteiger charge is 2.02.